The summed E-state index contributed by atoms with van der Waals surface area (Å²) in [5.41, 5.74) is 7.08. The molecule has 1 unspecified atom stereocenters. The molecule has 0 saturated heterocycles. The Morgan fingerprint density at radius 2 is 1.64 bits per heavy atom. The summed E-state index contributed by atoms with van der Waals surface area (Å²) < 4.78 is 57.7. The fraction of sp³-hybridized carbons (Fsp3) is 0.120. The van der Waals surface area contributed by atoms with Crippen molar-refractivity contribution in [3.05, 3.63) is 113 Å². The number of sulfonamides is 1. The van der Waals surface area contributed by atoms with Crippen LogP contribution in [0.1, 0.15) is 11.1 Å². The van der Waals surface area contributed by atoms with E-state index in [1.165, 1.54) is 24.3 Å². The van der Waals surface area contributed by atoms with Gasteiger partial charge in [-0.05, 0) is 66.1 Å². The molecule has 0 radical (unpaired) electrons. The van der Waals surface area contributed by atoms with Crippen LogP contribution >= 0.6 is 11.6 Å². The van der Waals surface area contributed by atoms with E-state index in [2.05, 4.69) is 4.98 Å². The SMILES string of the molecule is NC(=O)C(Cc1cc(F)cc(F)c1)N(Cc1ccc(-n2ccnc2)cc1)S(=O)(=O)c1ccc(Cl)cc1. The fourth-order valence-corrected chi connectivity index (χ4v) is 5.48. The predicted molar refractivity (Wildman–Crippen MR) is 131 cm³/mol. The van der Waals surface area contributed by atoms with Crippen molar-refractivity contribution in [1.29, 1.82) is 0 Å². The first kappa shape index (κ1) is 25.5. The van der Waals surface area contributed by atoms with E-state index in [-0.39, 0.29) is 23.4 Å². The van der Waals surface area contributed by atoms with Crippen LogP contribution in [0.4, 0.5) is 8.78 Å². The first-order chi connectivity index (χ1) is 17.1. The number of hydrogen-bond acceptors (Lipinski definition) is 4. The molecule has 1 aromatic heterocycles. The normalized spacial score (nSPS) is 12.6. The summed E-state index contributed by atoms with van der Waals surface area (Å²) in [5.74, 6) is -2.67. The van der Waals surface area contributed by atoms with E-state index in [9.17, 15) is 22.0 Å². The minimum atomic E-state index is -4.28. The molecule has 0 aliphatic carbocycles. The van der Waals surface area contributed by atoms with Crippen LogP contribution in [-0.2, 0) is 27.8 Å². The fourth-order valence-electron chi connectivity index (χ4n) is 3.77. The number of carbonyl (C=O) groups excluding carboxylic acids is 1. The second kappa shape index (κ2) is 10.6. The highest BCUT2D eigenvalue weighted by atomic mass is 35.5. The molecule has 0 spiro atoms. The molecule has 3 aromatic carbocycles. The molecule has 11 heteroatoms. The maximum Gasteiger partial charge on any atom is 0.244 e. The van der Waals surface area contributed by atoms with Crippen LogP contribution in [0.5, 0.6) is 0 Å². The Balaban J connectivity index is 1.74. The molecule has 2 N–H and O–H groups in total. The summed E-state index contributed by atoms with van der Waals surface area (Å²) in [4.78, 5) is 16.4. The van der Waals surface area contributed by atoms with E-state index in [1.807, 2.05) is 0 Å². The predicted octanol–water partition coefficient (Wildman–Crippen LogP) is 4.09. The first-order valence-corrected chi connectivity index (χ1v) is 12.5. The number of hydrogen-bond donors (Lipinski definition) is 1. The van der Waals surface area contributed by atoms with Gasteiger partial charge in [0.1, 0.15) is 17.7 Å². The molecule has 4 aromatic rings. The molecular weight excluding hydrogens is 510 g/mol. The number of nitrogens with zero attached hydrogens (tertiary/aromatic N) is 3. The Kier molecular flexibility index (Phi) is 7.48. The first-order valence-electron chi connectivity index (χ1n) is 10.7. The molecule has 0 aliphatic rings. The van der Waals surface area contributed by atoms with Gasteiger partial charge >= 0.3 is 0 Å². The smallest absolute Gasteiger partial charge is 0.244 e. The molecule has 1 heterocycles. The summed E-state index contributed by atoms with van der Waals surface area (Å²) in [6.07, 6.45) is 4.67. The topological polar surface area (TPSA) is 98.3 Å². The molecule has 1 amide bonds. The lowest BCUT2D eigenvalue weighted by Crippen LogP contribution is -2.48. The maximum absolute atomic E-state index is 13.8. The van der Waals surface area contributed by atoms with Crippen LogP contribution in [0, 0.1) is 11.6 Å². The third kappa shape index (κ3) is 5.78. The second-order valence-electron chi connectivity index (χ2n) is 8.04. The zero-order valence-corrected chi connectivity index (χ0v) is 20.3. The van der Waals surface area contributed by atoms with Crippen molar-refractivity contribution in [2.24, 2.45) is 5.73 Å². The van der Waals surface area contributed by atoms with Gasteiger partial charge in [-0.15, -0.1) is 0 Å². The van der Waals surface area contributed by atoms with Gasteiger partial charge in [0.15, 0.2) is 0 Å². The average molecular weight is 531 g/mol. The Bertz CT molecular complexity index is 1440. The summed E-state index contributed by atoms with van der Waals surface area (Å²) in [6, 6.07) is 13.7. The summed E-state index contributed by atoms with van der Waals surface area (Å²) in [7, 11) is -4.28. The summed E-state index contributed by atoms with van der Waals surface area (Å²) in [5, 5.41) is 0.331. The molecule has 0 saturated carbocycles. The van der Waals surface area contributed by atoms with Gasteiger partial charge < -0.3 is 10.3 Å². The van der Waals surface area contributed by atoms with Crippen molar-refractivity contribution in [3.8, 4) is 5.69 Å². The van der Waals surface area contributed by atoms with Gasteiger partial charge in [-0.3, -0.25) is 4.79 Å². The van der Waals surface area contributed by atoms with Crippen LogP contribution in [0.25, 0.3) is 5.69 Å². The number of aromatic nitrogens is 2. The van der Waals surface area contributed by atoms with Gasteiger partial charge in [-0.1, -0.05) is 23.7 Å². The van der Waals surface area contributed by atoms with Gasteiger partial charge in [-0.2, -0.15) is 4.31 Å². The van der Waals surface area contributed by atoms with Crippen molar-refractivity contribution >= 4 is 27.5 Å². The van der Waals surface area contributed by atoms with E-state index in [0.29, 0.717) is 16.7 Å². The summed E-state index contributed by atoms with van der Waals surface area (Å²) >= 11 is 5.92. The van der Waals surface area contributed by atoms with Gasteiger partial charge in [-0.25, -0.2) is 22.2 Å². The molecular formula is C25H21ClF2N4O3S. The number of benzene rings is 3. The number of rotatable bonds is 9. The van der Waals surface area contributed by atoms with E-state index in [1.54, 1.807) is 47.6 Å². The minimum absolute atomic E-state index is 0.0862. The Morgan fingerprint density at radius 3 is 2.19 bits per heavy atom. The van der Waals surface area contributed by atoms with Crippen LogP contribution in [-0.4, -0.2) is 34.2 Å². The molecule has 0 fully saturated rings. The third-order valence-corrected chi connectivity index (χ3v) is 7.65. The Morgan fingerprint density at radius 1 is 1.00 bits per heavy atom. The van der Waals surface area contributed by atoms with Gasteiger partial charge in [0.25, 0.3) is 0 Å². The van der Waals surface area contributed by atoms with Crippen LogP contribution in [0.15, 0.2) is 90.3 Å². The number of imidazole rings is 1. The minimum Gasteiger partial charge on any atom is -0.368 e. The van der Waals surface area contributed by atoms with Crippen LogP contribution in [0.2, 0.25) is 5.02 Å². The van der Waals surface area contributed by atoms with E-state index >= 15 is 0 Å². The molecule has 186 valence electrons. The zero-order chi connectivity index (χ0) is 25.9. The van der Waals surface area contributed by atoms with Crippen LogP contribution < -0.4 is 5.73 Å². The molecule has 0 aliphatic heterocycles. The molecule has 1 atom stereocenters. The van der Waals surface area contributed by atoms with E-state index in [0.717, 1.165) is 22.1 Å². The van der Waals surface area contributed by atoms with Crippen molar-refractivity contribution < 1.29 is 22.0 Å². The largest absolute Gasteiger partial charge is 0.368 e. The summed E-state index contributed by atoms with van der Waals surface area (Å²) in [6.45, 7) is -0.222. The highest BCUT2D eigenvalue weighted by Gasteiger charge is 2.35. The number of halogens is 3. The van der Waals surface area contributed by atoms with Gasteiger partial charge in [0.2, 0.25) is 15.9 Å². The number of primary amides is 1. The van der Waals surface area contributed by atoms with E-state index in [4.69, 9.17) is 17.3 Å². The monoisotopic (exact) mass is 530 g/mol. The lowest BCUT2D eigenvalue weighted by molar-refractivity contribution is -0.121. The maximum atomic E-state index is 13.8. The van der Waals surface area contributed by atoms with E-state index < -0.39 is 33.6 Å². The zero-order valence-electron chi connectivity index (χ0n) is 18.8. The average Bonchev–Trinajstić information content (AvgIpc) is 3.36. The lowest BCUT2D eigenvalue weighted by Gasteiger charge is -2.29. The quantitative estimate of drug-likeness (QED) is 0.352. The third-order valence-electron chi connectivity index (χ3n) is 5.52. The number of carbonyl (C=O) groups is 1. The highest BCUT2D eigenvalue weighted by Crippen LogP contribution is 2.25. The van der Waals surface area contributed by atoms with Gasteiger partial charge in [0.05, 0.1) is 11.2 Å². The second-order valence-corrected chi connectivity index (χ2v) is 10.4. The molecule has 36 heavy (non-hydrogen) atoms. The van der Waals surface area contributed by atoms with Crippen LogP contribution in [0.3, 0.4) is 0 Å². The molecule has 7 nitrogen and oxygen atoms in total. The number of amides is 1. The highest BCUT2D eigenvalue weighted by molar-refractivity contribution is 7.89. The number of nitrogens with two attached hydrogens (primary N) is 1. The Hall–Kier alpha value is -3.60. The molecule has 0 bridgehead atoms. The standard InChI is InChI=1S/C25H21ClF2N4O3S/c26-19-3-7-23(8-4-19)36(34,35)32(15-17-1-5-22(6-2-17)31-10-9-30-16-31)24(25(29)33)13-18-11-20(27)14-21(28)12-18/h1-12,14,16,24H,13,15H2,(H2,29,33). The van der Waals surface area contributed by atoms with Gasteiger partial charge in [0, 0.05) is 35.7 Å². The van der Waals surface area contributed by atoms with Crippen molar-refractivity contribution in [1.82, 2.24) is 13.9 Å². The molecule has 4 rings (SSSR count). The Labute approximate surface area is 211 Å². The van der Waals surface area contributed by atoms with Crippen molar-refractivity contribution in [2.45, 2.75) is 23.9 Å². The lowest BCUT2D eigenvalue weighted by atomic mass is 10.0. The van der Waals surface area contributed by atoms with Crippen molar-refractivity contribution in [3.63, 3.8) is 0 Å². The van der Waals surface area contributed by atoms with Crippen molar-refractivity contribution in [2.75, 3.05) is 0 Å².